The van der Waals surface area contributed by atoms with Crippen LogP contribution in [0.15, 0.2) is 30.6 Å². The van der Waals surface area contributed by atoms with Crippen LogP contribution in [0, 0.1) is 47.4 Å². The minimum absolute atomic E-state index is 0. The Labute approximate surface area is 178 Å². The maximum atomic E-state index is 11.9. The molecule has 4 nitrogen and oxygen atoms in total. The molecule has 0 spiro atoms. The second kappa shape index (κ2) is 10.9. The minimum atomic E-state index is -0.581. The standard InChI is InChI=1S/C18H21O4.B.Pr/c1-4-21-15-10-9-14(18(20)22-5-2)17(19)16(15)13-8-6-7-12(3)11-13;;/h4,10-11,13,19H,1,5-8H2,2-3H3;;/q-1;;. The normalized spacial score (nSPS) is 16.1. The van der Waals surface area contributed by atoms with E-state index >= 15 is 0 Å². The second-order valence-corrected chi connectivity index (χ2v) is 5.31. The number of allylic oxidation sites excluding steroid dienone is 2. The van der Waals surface area contributed by atoms with Crippen LogP contribution < -0.4 is 4.74 Å². The first kappa shape index (κ1) is 23.2. The number of hydrogen-bond acceptors (Lipinski definition) is 4. The Morgan fingerprint density at radius 1 is 1.54 bits per heavy atom. The molecule has 1 N–H and O–H groups in total. The fourth-order valence-electron chi connectivity index (χ4n) is 2.78. The first-order chi connectivity index (χ1) is 10.6. The van der Waals surface area contributed by atoms with Crippen LogP contribution in [0.2, 0.25) is 0 Å². The molecule has 1 aliphatic carbocycles. The first-order valence-corrected chi connectivity index (χ1v) is 7.48. The average molecular weight is 453 g/mol. The molecular formula is C18H21BO4Pr-. The van der Waals surface area contributed by atoms with E-state index in [2.05, 4.69) is 25.6 Å². The van der Waals surface area contributed by atoms with Gasteiger partial charge in [-0.1, -0.05) is 18.2 Å². The summed E-state index contributed by atoms with van der Waals surface area (Å²) < 4.78 is 10.4. The van der Waals surface area contributed by atoms with Crippen molar-refractivity contribution in [2.75, 3.05) is 6.61 Å². The molecular weight excluding hydrogens is 432 g/mol. The summed E-state index contributed by atoms with van der Waals surface area (Å²) in [5, 5.41) is 10.6. The molecule has 124 valence electrons. The first-order valence-electron chi connectivity index (χ1n) is 7.48. The topological polar surface area (TPSA) is 55.8 Å². The number of phenols is 1. The summed E-state index contributed by atoms with van der Waals surface area (Å²) in [6.45, 7) is 7.58. The SMILES string of the molecule is C=COc1c[c-]c(C(=O)OCC)c(O)c1C1C=C(C)CCC1.[B].[Pr]. The summed E-state index contributed by atoms with van der Waals surface area (Å²) in [7, 11) is 0. The molecule has 0 bridgehead atoms. The van der Waals surface area contributed by atoms with Crippen molar-refractivity contribution in [1.82, 2.24) is 0 Å². The Balaban J connectivity index is 0.00000264. The molecule has 24 heavy (non-hydrogen) atoms. The van der Waals surface area contributed by atoms with Crippen molar-refractivity contribution in [2.24, 2.45) is 0 Å². The quantitative estimate of drug-likeness (QED) is 0.243. The largest absolute Gasteiger partial charge is 0.551 e. The number of rotatable bonds is 5. The van der Waals surface area contributed by atoms with Crippen molar-refractivity contribution in [3.8, 4) is 11.5 Å². The Hall–Kier alpha value is -0.801. The molecule has 0 fully saturated rings. The van der Waals surface area contributed by atoms with Crippen molar-refractivity contribution in [3.63, 3.8) is 0 Å². The van der Waals surface area contributed by atoms with Crippen LogP contribution in [-0.4, -0.2) is 26.1 Å². The summed E-state index contributed by atoms with van der Waals surface area (Å²) >= 11 is 0. The minimum Gasteiger partial charge on any atom is -0.551 e. The summed E-state index contributed by atoms with van der Waals surface area (Å²) in [5.41, 5.74) is 1.91. The van der Waals surface area contributed by atoms with Crippen LogP contribution in [0.25, 0.3) is 0 Å². The third-order valence-electron chi connectivity index (χ3n) is 3.74. The Kier molecular flexibility index (Phi) is 10.6. The van der Waals surface area contributed by atoms with Gasteiger partial charge in [-0.05, 0) is 50.2 Å². The summed E-state index contributed by atoms with van der Waals surface area (Å²) in [5.74, 6) is -0.223. The van der Waals surface area contributed by atoms with Gasteiger partial charge in [-0.15, -0.1) is 12.1 Å². The summed E-state index contributed by atoms with van der Waals surface area (Å²) in [6.07, 6.45) is 6.40. The van der Waals surface area contributed by atoms with E-state index in [1.807, 2.05) is 0 Å². The van der Waals surface area contributed by atoms with E-state index in [0.717, 1.165) is 19.3 Å². The van der Waals surface area contributed by atoms with Gasteiger partial charge in [0.25, 0.3) is 5.97 Å². The zero-order valence-corrected chi connectivity index (χ0v) is 17.9. The number of phenolic OH excluding ortho intramolecular Hbond substituents is 1. The van der Waals surface area contributed by atoms with Gasteiger partial charge in [0.1, 0.15) is 0 Å². The average Bonchev–Trinajstić information content (AvgIpc) is 2.48. The van der Waals surface area contributed by atoms with E-state index in [4.69, 9.17) is 9.47 Å². The third kappa shape index (κ3) is 5.35. The summed E-state index contributed by atoms with van der Waals surface area (Å²) in [6, 6.07) is 4.30. The molecule has 6 heteroatoms. The molecule has 1 unspecified atom stereocenters. The molecule has 1 aliphatic rings. The number of carbonyl (C=O) groups is 1. The third-order valence-corrected chi connectivity index (χ3v) is 3.74. The number of hydrogen-bond donors (Lipinski definition) is 1. The van der Waals surface area contributed by atoms with Gasteiger partial charge in [-0.2, -0.15) is 0 Å². The predicted molar refractivity (Wildman–Crippen MR) is 89.8 cm³/mol. The molecule has 0 aromatic heterocycles. The van der Waals surface area contributed by atoms with Gasteiger partial charge in [0.2, 0.25) is 0 Å². The van der Waals surface area contributed by atoms with Gasteiger partial charge < -0.3 is 19.4 Å². The fraction of sp³-hybridized carbons (Fsp3) is 0.389. The predicted octanol–water partition coefficient (Wildman–Crippen LogP) is 3.72. The van der Waals surface area contributed by atoms with Crippen molar-refractivity contribution in [2.45, 2.75) is 39.0 Å². The van der Waals surface area contributed by atoms with Crippen molar-refractivity contribution in [1.29, 1.82) is 0 Å². The second-order valence-electron chi connectivity index (χ2n) is 5.31. The van der Waals surface area contributed by atoms with Gasteiger partial charge in [0.15, 0.2) is 0 Å². The molecule has 0 saturated carbocycles. The van der Waals surface area contributed by atoms with Crippen molar-refractivity contribution >= 4 is 14.4 Å². The van der Waals surface area contributed by atoms with Crippen molar-refractivity contribution in [3.05, 3.63) is 47.7 Å². The molecule has 0 heterocycles. The zero-order chi connectivity index (χ0) is 16.1. The van der Waals surface area contributed by atoms with Gasteiger partial charge >= 0.3 is 0 Å². The van der Waals surface area contributed by atoms with Crippen LogP contribution in [0.3, 0.4) is 0 Å². The number of ether oxygens (including phenoxy) is 2. The van der Waals surface area contributed by atoms with Gasteiger partial charge in [0.05, 0.1) is 18.6 Å². The van der Waals surface area contributed by atoms with Crippen LogP contribution in [-0.2, 0) is 4.74 Å². The van der Waals surface area contributed by atoms with Gasteiger partial charge in [-0.25, -0.2) is 0 Å². The van der Waals surface area contributed by atoms with Crippen LogP contribution in [0.1, 0.15) is 54.9 Å². The molecule has 4 radical (unpaired) electrons. The molecule has 1 aromatic carbocycles. The number of aromatic hydroxyl groups is 1. The Morgan fingerprint density at radius 3 is 2.83 bits per heavy atom. The monoisotopic (exact) mass is 453 g/mol. The van der Waals surface area contributed by atoms with Gasteiger partial charge in [-0.3, -0.25) is 0 Å². The summed E-state index contributed by atoms with van der Waals surface area (Å²) in [4.78, 5) is 11.9. The maximum absolute atomic E-state index is 11.9. The number of benzene rings is 1. The zero-order valence-electron chi connectivity index (χ0n) is 14.2. The molecule has 1 atom stereocenters. The smallest absolute Gasteiger partial charge is 0.253 e. The molecule has 0 saturated heterocycles. The molecule has 0 amide bonds. The van der Waals surface area contributed by atoms with Crippen LogP contribution in [0.4, 0.5) is 0 Å². The Morgan fingerprint density at radius 2 is 2.25 bits per heavy atom. The fourth-order valence-corrected chi connectivity index (χ4v) is 2.78. The van der Waals surface area contributed by atoms with E-state index < -0.39 is 5.97 Å². The number of carbonyl (C=O) groups excluding carboxylic acids is 1. The van der Waals surface area contributed by atoms with E-state index in [-0.39, 0.29) is 73.5 Å². The van der Waals surface area contributed by atoms with E-state index in [9.17, 15) is 9.90 Å². The maximum Gasteiger partial charge on any atom is 0.253 e. The van der Waals surface area contributed by atoms with E-state index in [1.165, 1.54) is 11.8 Å². The van der Waals surface area contributed by atoms with Crippen molar-refractivity contribution < 1.29 is 60.7 Å². The molecule has 2 rings (SSSR count). The van der Waals surface area contributed by atoms with E-state index in [1.54, 1.807) is 13.0 Å². The van der Waals surface area contributed by atoms with E-state index in [0.29, 0.717) is 11.3 Å². The molecule has 1 aromatic rings. The molecule has 0 aliphatic heterocycles. The Bertz CT molecular complexity index is 613. The van der Waals surface area contributed by atoms with Crippen LogP contribution in [0.5, 0.6) is 11.5 Å². The number of esters is 1. The van der Waals surface area contributed by atoms with Crippen LogP contribution >= 0.6 is 0 Å². The van der Waals surface area contributed by atoms with Gasteiger partial charge in [0, 0.05) is 55.5 Å².